The Morgan fingerprint density at radius 2 is 2.38 bits per heavy atom. The van der Waals surface area contributed by atoms with Crippen molar-refractivity contribution in [3.8, 4) is 0 Å². The van der Waals surface area contributed by atoms with Crippen molar-refractivity contribution in [1.29, 1.82) is 0 Å². The van der Waals surface area contributed by atoms with Crippen LogP contribution in [0.15, 0.2) is 5.16 Å². The fourth-order valence-electron chi connectivity index (χ4n) is 2.62. The first-order chi connectivity index (χ1) is 10.1. The molecule has 0 amide bonds. The number of aryl methyl sites for hydroxylation is 1. The first-order valence-electron chi connectivity index (χ1n) is 7.42. The minimum absolute atomic E-state index is 0.127. The molecule has 21 heavy (non-hydrogen) atoms. The fraction of sp³-hybridized carbons (Fsp3) is 0.846. The number of nitrogens with zero attached hydrogens (tertiary/aromatic N) is 4. The Morgan fingerprint density at radius 1 is 1.57 bits per heavy atom. The molecule has 0 spiro atoms. The van der Waals surface area contributed by atoms with Gasteiger partial charge in [0.15, 0.2) is 0 Å². The second-order valence-corrected chi connectivity index (χ2v) is 6.56. The smallest absolute Gasteiger partial charge is 0.326 e. The number of thioether (sulfide) groups is 1. The summed E-state index contributed by atoms with van der Waals surface area (Å²) in [5, 5.41) is 16.0. The highest BCUT2D eigenvalue weighted by Gasteiger charge is 2.46. The Morgan fingerprint density at radius 3 is 3.00 bits per heavy atom. The molecule has 7 nitrogen and oxygen atoms in total. The van der Waals surface area contributed by atoms with Crippen LogP contribution in [0, 0.1) is 0 Å². The van der Waals surface area contributed by atoms with E-state index in [-0.39, 0.29) is 5.97 Å². The maximum absolute atomic E-state index is 12.3. The molecule has 0 radical (unpaired) electrons. The van der Waals surface area contributed by atoms with Crippen LogP contribution in [0.1, 0.15) is 39.5 Å². The molecule has 1 aromatic heterocycles. The van der Waals surface area contributed by atoms with Crippen molar-refractivity contribution in [3.63, 3.8) is 0 Å². The molecule has 2 atom stereocenters. The lowest BCUT2D eigenvalue weighted by Crippen LogP contribution is -2.51. The van der Waals surface area contributed by atoms with Crippen LogP contribution in [0.2, 0.25) is 0 Å². The lowest BCUT2D eigenvalue weighted by molar-refractivity contribution is -0.151. The molecule has 2 unspecified atom stereocenters. The second-order valence-electron chi connectivity index (χ2n) is 5.30. The second kappa shape index (κ2) is 7.22. The predicted molar refractivity (Wildman–Crippen MR) is 80.0 cm³/mol. The van der Waals surface area contributed by atoms with Gasteiger partial charge >= 0.3 is 5.97 Å². The van der Waals surface area contributed by atoms with Crippen LogP contribution in [-0.4, -0.2) is 50.1 Å². The zero-order valence-corrected chi connectivity index (χ0v) is 13.7. The van der Waals surface area contributed by atoms with Gasteiger partial charge in [-0.25, -0.2) is 4.68 Å². The summed E-state index contributed by atoms with van der Waals surface area (Å²) in [5.74, 6) is -0.127. The van der Waals surface area contributed by atoms with Crippen LogP contribution in [0.25, 0.3) is 0 Å². The van der Waals surface area contributed by atoms with E-state index in [0.29, 0.717) is 11.9 Å². The highest BCUT2D eigenvalue weighted by molar-refractivity contribution is 7.99. The number of ether oxygens (including phenoxy) is 1. The van der Waals surface area contributed by atoms with Gasteiger partial charge in [0.05, 0.1) is 6.61 Å². The zero-order valence-electron chi connectivity index (χ0n) is 12.8. The quantitative estimate of drug-likeness (QED) is 0.756. The molecule has 1 saturated carbocycles. The van der Waals surface area contributed by atoms with E-state index >= 15 is 0 Å². The summed E-state index contributed by atoms with van der Waals surface area (Å²) in [6.07, 6.45) is 3.50. The van der Waals surface area contributed by atoms with Gasteiger partial charge in [0, 0.05) is 12.3 Å². The van der Waals surface area contributed by atoms with Crippen molar-refractivity contribution >= 4 is 17.7 Å². The van der Waals surface area contributed by atoms with E-state index in [1.807, 2.05) is 14.0 Å². The summed E-state index contributed by atoms with van der Waals surface area (Å²) < 4.78 is 6.94. The van der Waals surface area contributed by atoms with E-state index in [1.54, 1.807) is 16.4 Å². The number of nitrogens with one attached hydrogen (secondary N) is 1. The molecular formula is C13H23N5O2S. The van der Waals surface area contributed by atoms with E-state index in [0.717, 1.165) is 37.4 Å². The minimum atomic E-state index is -0.546. The van der Waals surface area contributed by atoms with Crippen molar-refractivity contribution in [3.05, 3.63) is 0 Å². The molecule has 1 aliphatic carbocycles. The Hall–Kier alpha value is -1.15. The van der Waals surface area contributed by atoms with E-state index in [4.69, 9.17) is 4.74 Å². The van der Waals surface area contributed by atoms with Gasteiger partial charge in [-0.15, -0.1) is 5.10 Å². The maximum Gasteiger partial charge on any atom is 0.326 e. The Balaban J connectivity index is 2.03. The molecule has 0 saturated heterocycles. The zero-order chi connectivity index (χ0) is 15.3. The molecular weight excluding hydrogens is 290 g/mol. The topological polar surface area (TPSA) is 81.9 Å². The van der Waals surface area contributed by atoms with Crippen molar-refractivity contribution in [1.82, 2.24) is 25.5 Å². The molecule has 2 rings (SSSR count). The number of aromatic nitrogens is 4. The Kier molecular flexibility index (Phi) is 5.58. The molecule has 0 aliphatic heterocycles. The molecule has 1 aromatic rings. The summed E-state index contributed by atoms with van der Waals surface area (Å²) in [5.41, 5.74) is -0.546. The summed E-state index contributed by atoms with van der Waals surface area (Å²) in [7, 11) is 1.82. The number of hydrogen-bond donors (Lipinski definition) is 1. The van der Waals surface area contributed by atoms with E-state index in [9.17, 15) is 4.79 Å². The molecule has 1 fully saturated rings. The molecule has 0 aromatic carbocycles. The average Bonchev–Trinajstić information content (AvgIpc) is 3.06. The van der Waals surface area contributed by atoms with Gasteiger partial charge in [-0.1, -0.05) is 18.7 Å². The Labute approximate surface area is 129 Å². The maximum atomic E-state index is 12.3. The summed E-state index contributed by atoms with van der Waals surface area (Å²) in [6, 6.07) is 0. The van der Waals surface area contributed by atoms with Gasteiger partial charge in [-0.05, 0) is 49.6 Å². The van der Waals surface area contributed by atoms with Gasteiger partial charge in [0.1, 0.15) is 5.54 Å². The number of carbonyl (C=O) groups is 1. The van der Waals surface area contributed by atoms with Crippen LogP contribution < -0.4 is 5.32 Å². The van der Waals surface area contributed by atoms with Crippen LogP contribution in [-0.2, 0) is 16.6 Å². The SMILES string of the molecule is CCCNC1(C(=O)OCC)CCC(Sc2nnnn2C)C1. The standard InChI is InChI=1S/C13H23N5O2S/c1-4-8-14-13(11(19)20-5-2)7-6-10(9-13)21-12-15-16-17-18(12)3/h10,14H,4-9H2,1-3H3. The summed E-state index contributed by atoms with van der Waals surface area (Å²) in [6.45, 7) is 5.18. The summed E-state index contributed by atoms with van der Waals surface area (Å²) >= 11 is 1.63. The summed E-state index contributed by atoms with van der Waals surface area (Å²) in [4.78, 5) is 12.3. The number of esters is 1. The van der Waals surface area contributed by atoms with Gasteiger partial charge in [0.25, 0.3) is 0 Å². The third kappa shape index (κ3) is 3.74. The van der Waals surface area contributed by atoms with Crippen LogP contribution >= 0.6 is 11.8 Å². The predicted octanol–water partition coefficient (Wildman–Crippen LogP) is 1.16. The third-order valence-corrected chi connectivity index (χ3v) is 4.99. The number of carbonyl (C=O) groups excluding carboxylic acids is 1. The molecule has 118 valence electrons. The van der Waals surface area contributed by atoms with E-state index in [2.05, 4.69) is 27.8 Å². The van der Waals surface area contributed by atoms with Crippen molar-refractivity contribution in [2.24, 2.45) is 7.05 Å². The largest absolute Gasteiger partial charge is 0.465 e. The highest BCUT2D eigenvalue weighted by Crippen LogP contribution is 2.40. The van der Waals surface area contributed by atoms with E-state index in [1.165, 1.54) is 0 Å². The van der Waals surface area contributed by atoms with Gasteiger partial charge in [-0.3, -0.25) is 4.79 Å². The van der Waals surface area contributed by atoms with Crippen LogP contribution in [0.5, 0.6) is 0 Å². The average molecular weight is 313 g/mol. The molecule has 1 N–H and O–H groups in total. The lowest BCUT2D eigenvalue weighted by atomic mass is 9.97. The normalized spacial score (nSPS) is 25.2. The van der Waals surface area contributed by atoms with Crippen LogP contribution in [0.3, 0.4) is 0 Å². The Bertz CT molecular complexity index is 481. The van der Waals surface area contributed by atoms with Gasteiger partial charge in [0.2, 0.25) is 5.16 Å². The first-order valence-corrected chi connectivity index (χ1v) is 8.30. The van der Waals surface area contributed by atoms with Crippen LogP contribution in [0.4, 0.5) is 0 Å². The highest BCUT2D eigenvalue weighted by atomic mass is 32.2. The number of tetrazole rings is 1. The van der Waals surface area contributed by atoms with Crippen molar-refractivity contribution < 1.29 is 9.53 Å². The molecule has 8 heteroatoms. The fourth-order valence-corrected chi connectivity index (χ4v) is 3.80. The molecule has 0 bridgehead atoms. The minimum Gasteiger partial charge on any atom is -0.465 e. The number of rotatable bonds is 7. The first kappa shape index (κ1) is 16.2. The molecule has 1 aliphatic rings. The van der Waals surface area contributed by atoms with Gasteiger partial charge < -0.3 is 10.1 Å². The van der Waals surface area contributed by atoms with E-state index < -0.39 is 5.54 Å². The lowest BCUT2D eigenvalue weighted by Gasteiger charge is -2.28. The molecule has 1 heterocycles. The number of hydrogen-bond acceptors (Lipinski definition) is 7. The van der Waals surface area contributed by atoms with Crippen molar-refractivity contribution in [2.75, 3.05) is 13.2 Å². The van der Waals surface area contributed by atoms with Crippen molar-refractivity contribution in [2.45, 2.75) is 55.5 Å². The third-order valence-electron chi connectivity index (χ3n) is 3.70. The monoisotopic (exact) mass is 313 g/mol. The van der Waals surface area contributed by atoms with Gasteiger partial charge in [-0.2, -0.15) is 0 Å².